The van der Waals surface area contributed by atoms with E-state index < -0.39 is 11.3 Å². The smallest absolute Gasteiger partial charge is 0.278 e. The number of carbonyl (C=O) groups excluding carboxylic acids is 1. The number of aromatic nitrogens is 2. The van der Waals surface area contributed by atoms with Crippen LogP contribution in [0.4, 0.5) is 0 Å². The van der Waals surface area contributed by atoms with Crippen molar-refractivity contribution in [1.82, 2.24) is 14.7 Å². The molecule has 1 amide bonds. The van der Waals surface area contributed by atoms with E-state index in [1.54, 1.807) is 26.1 Å². The van der Waals surface area contributed by atoms with Crippen molar-refractivity contribution >= 4 is 17.5 Å². The fourth-order valence-corrected chi connectivity index (χ4v) is 3.07. The highest BCUT2D eigenvalue weighted by Gasteiger charge is 2.20. The van der Waals surface area contributed by atoms with Crippen LogP contribution in [0.3, 0.4) is 0 Å². The van der Waals surface area contributed by atoms with Gasteiger partial charge in [0.25, 0.3) is 5.91 Å². The number of rotatable bonds is 4. The molecular weight excluding hydrogens is 362 g/mol. The molecule has 0 aliphatic carbocycles. The average molecular weight is 382 g/mol. The van der Waals surface area contributed by atoms with Crippen LogP contribution in [0.2, 0.25) is 5.02 Å². The van der Waals surface area contributed by atoms with Gasteiger partial charge in [0.1, 0.15) is 0 Å². The maximum absolute atomic E-state index is 12.9. The number of para-hydroxylation sites is 1. The van der Waals surface area contributed by atoms with Crippen LogP contribution in [0.15, 0.2) is 59.4 Å². The van der Waals surface area contributed by atoms with Crippen molar-refractivity contribution in [2.75, 3.05) is 7.05 Å². The molecule has 0 saturated carbocycles. The van der Waals surface area contributed by atoms with Gasteiger partial charge in [-0.25, -0.2) is 4.68 Å². The molecule has 0 bridgehead atoms. The summed E-state index contributed by atoms with van der Waals surface area (Å²) in [5, 5.41) is 4.81. The summed E-state index contributed by atoms with van der Waals surface area (Å²) >= 11 is 6.26. The molecule has 3 rings (SSSR count). The van der Waals surface area contributed by atoms with E-state index in [-0.39, 0.29) is 5.69 Å². The van der Waals surface area contributed by atoms with Gasteiger partial charge >= 0.3 is 0 Å². The van der Waals surface area contributed by atoms with E-state index >= 15 is 0 Å². The van der Waals surface area contributed by atoms with Crippen molar-refractivity contribution in [3.05, 3.63) is 92.4 Å². The number of amides is 1. The van der Waals surface area contributed by atoms with Gasteiger partial charge in [0.15, 0.2) is 5.69 Å². The van der Waals surface area contributed by atoms with E-state index in [0.717, 1.165) is 11.1 Å². The molecule has 1 aromatic heterocycles. The van der Waals surface area contributed by atoms with E-state index in [2.05, 4.69) is 5.10 Å². The summed E-state index contributed by atoms with van der Waals surface area (Å²) in [6, 6.07) is 16.4. The predicted octanol–water partition coefficient (Wildman–Crippen LogP) is 3.77. The highest BCUT2D eigenvalue weighted by molar-refractivity contribution is 6.32. The summed E-state index contributed by atoms with van der Waals surface area (Å²) in [5.74, 6) is -0.427. The van der Waals surface area contributed by atoms with Crippen LogP contribution in [0, 0.1) is 13.8 Å². The molecule has 27 heavy (non-hydrogen) atoms. The lowest BCUT2D eigenvalue weighted by Crippen LogP contribution is -2.33. The zero-order valence-electron chi connectivity index (χ0n) is 15.4. The molecule has 0 aliphatic rings. The Balaban J connectivity index is 1.98. The third-order valence-electron chi connectivity index (χ3n) is 4.41. The molecule has 0 radical (unpaired) electrons. The Kier molecular flexibility index (Phi) is 5.42. The number of hydrogen-bond acceptors (Lipinski definition) is 3. The normalized spacial score (nSPS) is 10.7. The van der Waals surface area contributed by atoms with E-state index in [4.69, 9.17) is 11.6 Å². The van der Waals surface area contributed by atoms with Crippen LogP contribution < -0.4 is 5.43 Å². The van der Waals surface area contributed by atoms with E-state index in [0.29, 0.717) is 22.9 Å². The maximum atomic E-state index is 12.9. The Hall–Kier alpha value is -2.92. The monoisotopic (exact) mass is 381 g/mol. The molecule has 138 valence electrons. The van der Waals surface area contributed by atoms with Gasteiger partial charge in [-0.1, -0.05) is 48.0 Å². The molecule has 0 atom stereocenters. The van der Waals surface area contributed by atoms with Crippen LogP contribution in [-0.4, -0.2) is 27.6 Å². The Labute approximate surface area is 162 Å². The van der Waals surface area contributed by atoms with Crippen LogP contribution in [0.1, 0.15) is 27.3 Å². The first-order valence-electron chi connectivity index (χ1n) is 8.54. The second-order valence-electron chi connectivity index (χ2n) is 6.45. The van der Waals surface area contributed by atoms with Crippen LogP contribution in [0.25, 0.3) is 5.69 Å². The van der Waals surface area contributed by atoms with Crippen molar-refractivity contribution < 1.29 is 4.79 Å². The SMILES string of the molecule is Cc1ccccc1CN(C)C(=O)c1nn(-c2ccccc2Cl)c(C)cc1=O. The standard InChI is InChI=1S/C21H20ClN3O2/c1-14-8-4-5-9-16(14)13-24(3)21(27)20-19(26)12-15(2)25(23-20)18-11-7-6-10-17(18)22/h4-12H,13H2,1-3H3. The summed E-state index contributed by atoms with van der Waals surface area (Å²) in [6.45, 7) is 4.14. The number of halogens is 1. The van der Waals surface area contributed by atoms with Gasteiger partial charge in [0, 0.05) is 25.4 Å². The summed E-state index contributed by atoms with van der Waals surface area (Å²) in [4.78, 5) is 26.8. The Bertz CT molecular complexity index is 1060. The van der Waals surface area contributed by atoms with Gasteiger partial charge in [-0.3, -0.25) is 9.59 Å². The fraction of sp³-hybridized carbons (Fsp3) is 0.190. The second-order valence-corrected chi connectivity index (χ2v) is 6.86. The van der Waals surface area contributed by atoms with Crippen molar-refractivity contribution in [2.24, 2.45) is 0 Å². The van der Waals surface area contributed by atoms with Gasteiger partial charge < -0.3 is 4.90 Å². The minimum atomic E-state index is -0.427. The molecule has 0 spiro atoms. The summed E-state index contributed by atoms with van der Waals surface area (Å²) in [5.41, 5.74) is 2.79. The van der Waals surface area contributed by atoms with Gasteiger partial charge in [0.05, 0.1) is 10.7 Å². The van der Waals surface area contributed by atoms with Gasteiger partial charge in [0.2, 0.25) is 5.43 Å². The molecule has 5 nitrogen and oxygen atoms in total. The van der Waals surface area contributed by atoms with Gasteiger partial charge in [-0.05, 0) is 37.1 Å². The first-order valence-corrected chi connectivity index (χ1v) is 8.92. The van der Waals surface area contributed by atoms with Crippen LogP contribution in [-0.2, 0) is 6.54 Å². The molecule has 6 heteroatoms. The molecule has 0 fully saturated rings. The number of hydrogen-bond donors (Lipinski definition) is 0. The molecule has 1 heterocycles. The minimum Gasteiger partial charge on any atom is -0.336 e. The first-order chi connectivity index (χ1) is 12.9. The molecule has 3 aromatic rings. The van der Waals surface area contributed by atoms with Gasteiger partial charge in [-0.2, -0.15) is 5.10 Å². The Morgan fingerprint density at radius 2 is 1.78 bits per heavy atom. The summed E-state index contributed by atoms with van der Waals surface area (Å²) < 4.78 is 1.53. The molecule has 0 saturated heterocycles. The second kappa shape index (κ2) is 7.76. The molecule has 0 N–H and O–H groups in total. The van der Waals surface area contributed by atoms with E-state index in [9.17, 15) is 9.59 Å². The Morgan fingerprint density at radius 3 is 2.48 bits per heavy atom. The van der Waals surface area contributed by atoms with Crippen molar-refractivity contribution in [3.8, 4) is 5.69 Å². The van der Waals surface area contributed by atoms with E-state index in [1.807, 2.05) is 43.3 Å². The van der Waals surface area contributed by atoms with Crippen molar-refractivity contribution in [1.29, 1.82) is 0 Å². The summed E-state index contributed by atoms with van der Waals surface area (Å²) in [6.07, 6.45) is 0. The first kappa shape index (κ1) is 18.9. The molecule has 2 aromatic carbocycles. The van der Waals surface area contributed by atoms with Crippen molar-refractivity contribution in [2.45, 2.75) is 20.4 Å². The zero-order valence-corrected chi connectivity index (χ0v) is 16.2. The Morgan fingerprint density at radius 1 is 1.11 bits per heavy atom. The summed E-state index contributed by atoms with van der Waals surface area (Å²) in [7, 11) is 1.66. The number of benzene rings is 2. The average Bonchev–Trinajstić information content (AvgIpc) is 2.64. The number of nitrogens with zero attached hydrogens (tertiary/aromatic N) is 3. The van der Waals surface area contributed by atoms with Gasteiger partial charge in [-0.15, -0.1) is 0 Å². The molecule has 0 aliphatic heterocycles. The number of aryl methyl sites for hydroxylation is 2. The predicted molar refractivity (Wildman–Crippen MR) is 107 cm³/mol. The topological polar surface area (TPSA) is 55.2 Å². The quantitative estimate of drug-likeness (QED) is 0.691. The molecular formula is C21H20ClN3O2. The lowest BCUT2D eigenvalue weighted by molar-refractivity contribution is 0.0775. The van der Waals surface area contributed by atoms with Crippen molar-refractivity contribution in [3.63, 3.8) is 0 Å². The van der Waals surface area contributed by atoms with E-state index in [1.165, 1.54) is 15.6 Å². The minimum absolute atomic E-state index is 0.128. The molecule has 0 unspecified atom stereocenters. The largest absolute Gasteiger partial charge is 0.336 e. The lowest BCUT2D eigenvalue weighted by Gasteiger charge is -2.19. The van der Waals surface area contributed by atoms with Crippen LogP contribution in [0.5, 0.6) is 0 Å². The fourth-order valence-electron chi connectivity index (χ4n) is 2.86. The highest BCUT2D eigenvalue weighted by atomic mass is 35.5. The lowest BCUT2D eigenvalue weighted by atomic mass is 10.1. The third kappa shape index (κ3) is 3.93. The number of carbonyl (C=O) groups is 1. The van der Waals surface area contributed by atoms with Crippen LogP contribution >= 0.6 is 11.6 Å². The zero-order chi connectivity index (χ0) is 19.6. The highest BCUT2D eigenvalue weighted by Crippen LogP contribution is 2.20. The third-order valence-corrected chi connectivity index (χ3v) is 4.73. The maximum Gasteiger partial charge on any atom is 0.278 e.